The molecule has 0 unspecified atom stereocenters. The second-order valence-corrected chi connectivity index (χ2v) is 5.21. The second kappa shape index (κ2) is 6.38. The highest BCUT2D eigenvalue weighted by Gasteiger charge is 2.06. The fourth-order valence-corrected chi connectivity index (χ4v) is 2.56. The number of rotatable bonds is 6. The first kappa shape index (κ1) is 14.3. The highest BCUT2D eigenvalue weighted by Crippen LogP contribution is 2.26. The molecule has 0 saturated heterocycles. The summed E-state index contributed by atoms with van der Waals surface area (Å²) in [5.41, 5.74) is 2.77. The zero-order valence-corrected chi connectivity index (χ0v) is 12.2. The van der Waals surface area contributed by atoms with E-state index in [-0.39, 0.29) is 6.42 Å². The Balaban J connectivity index is 2.03. The number of aryl methyl sites for hydroxylation is 2. The molecular formula is C14H16N2O3S. The molecule has 0 amide bonds. The van der Waals surface area contributed by atoms with Crippen molar-refractivity contribution in [3.05, 3.63) is 34.8 Å². The van der Waals surface area contributed by atoms with Gasteiger partial charge in [-0.1, -0.05) is 0 Å². The Morgan fingerprint density at radius 3 is 2.95 bits per heavy atom. The Hall–Kier alpha value is -2.08. The van der Waals surface area contributed by atoms with Gasteiger partial charge in [0.2, 0.25) is 0 Å². The zero-order chi connectivity index (χ0) is 14.5. The van der Waals surface area contributed by atoms with E-state index < -0.39 is 5.97 Å². The lowest BCUT2D eigenvalue weighted by molar-refractivity contribution is -0.136. The maximum Gasteiger partial charge on any atom is 0.303 e. The average molecular weight is 292 g/mol. The van der Waals surface area contributed by atoms with Crippen LogP contribution >= 0.6 is 11.3 Å². The number of carboxylic acid groups (broad SMARTS) is 1. The topological polar surface area (TPSA) is 71.5 Å². The quantitative estimate of drug-likeness (QED) is 0.855. The molecule has 0 atom stereocenters. The van der Waals surface area contributed by atoms with Crippen molar-refractivity contribution in [2.45, 2.75) is 19.8 Å². The van der Waals surface area contributed by atoms with Crippen LogP contribution in [-0.4, -0.2) is 23.2 Å². The van der Waals surface area contributed by atoms with Gasteiger partial charge < -0.3 is 15.2 Å². The summed E-state index contributed by atoms with van der Waals surface area (Å²) in [7, 11) is 1.64. The van der Waals surface area contributed by atoms with Crippen molar-refractivity contribution in [2.75, 3.05) is 12.4 Å². The van der Waals surface area contributed by atoms with Crippen molar-refractivity contribution in [1.82, 2.24) is 4.98 Å². The van der Waals surface area contributed by atoms with Crippen molar-refractivity contribution < 1.29 is 14.6 Å². The molecule has 0 fully saturated rings. The Kier molecular flexibility index (Phi) is 4.57. The number of methoxy groups -OCH3 is 1. The van der Waals surface area contributed by atoms with Crippen molar-refractivity contribution in [3.63, 3.8) is 0 Å². The molecule has 2 aromatic rings. The minimum absolute atomic E-state index is 0.102. The van der Waals surface area contributed by atoms with Gasteiger partial charge in [-0.15, -0.1) is 11.3 Å². The van der Waals surface area contributed by atoms with Crippen LogP contribution in [-0.2, 0) is 11.2 Å². The monoisotopic (exact) mass is 292 g/mol. The summed E-state index contributed by atoms with van der Waals surface area (Å²) in [5, 5.41) is 14.5. The lowest BCUT2D eigenvalue weighted by Crippen LogP contribution is -1.98. The van der Waals surface area contributed by atoms with Gasteiger partial charge in [0.1, 0.15) is 5.75 Å². The van der Waals surface area contributed by atoms with Crippen LogP contribution in [0.25, 0.3) is 0 Å². The van der Waals surface area contributed by atoms with Crippen molar-refractivity contribution >= 4 is 28.1 Å². The van der Waals surface area contributed by atoms with E-state index in [0.717, 1.165) is 27.8 Å². The number of aliphatic carboxylic acids is 1. The predicted molar refractivity (Wildman–Crippen MR) is 79.1 cm³/mol. The van der Waals surface area contributed by atoms with Gasteiger partial charge in [-0.2, -0.15) is 0 Å². The minimum Gasteiger partial charge on any atom is -0.496 e. The van der Waals surface area contributed by atoms with E-state index in [1.54, 1.807) is 7.11 Å². The van der Waals surface area contributed by atoms with Crippen molar-refractivity contribution in [1.29, 1.82) is 0 Å². The summed E-state index contributed by atoms with van der Waals surface area (Å²) in [6.07, 6.45) is 0.556. The number of hydrogen-bond donors (Lipinski definition) is 2. The lowest BCUT2D eigenvalue weighted by Gasteiger charge is -2.07. The van der Waals surface area contributed by atoms with E-state index in [0.29, 0.717) is 6.42 Å². The molecule has 0 spiro atoms. The molecular weight excluding hydrogens is 276 g/mol. The van der Waals surface area contributed by atoms with Gasteiger partial charge in [0.05, 0.1) is 19.2 Å². The molecule has 0 saturated carbocycles. The number of carbonyl (C=O) groups is 1. The Morgan fingerprint density at radius 2 is 2.30 bits per heavy atom. The maximum atomic E-state index is 10.5. The largest absolute Gasteiger partial charge is 0.496 e. The first-order chi connectivity index (χ1) is 9.58. The maximum absolute atomic E-state index is 10.5. The molecule has 0 aliphatic heterocycles. The summed E-state index contributed by atoms with van der Waals surface area (Å²) in [5.74, 6) is 0.0372. The van der Waals surface area contributed by atoms with Crippen LogP contribution in [0.3, 0.4) is 0 Å². The number of hydrogen-bond acceptors (Lipinski definition) is 5. The van der Waals surface area contributed by atoms with Crippen LogP contribution in [0.1, 0.15) is 17.7 Å². The molecule has 1 aromatic carbocycles. The van der Waals surface area contributed by atoms with E-state index in [1.165, 1.54) is 11.3 Å². The molecule has 6 heteroatoms. The average Bonchev–Trinajstić information content (AvgIpc) is 2.84. The molecule has 106 valence electrons. The van der Waals surface area contributed by atoms with E-state index in [1.807, 2.05) is 30.5 Å². The van der Waals surface area contributed by atoms with E-state index in [4.69, 9.17) is 9.84 Å². The Labute approximate surface area is 121 Å². The Morgan fingerprint density at radius 1 is 1.50 bits per heavy atom. The third kappa shape index (κ3) is 3.71. The molecule has 0 aliphatic carbocycles. The SMILES string of the molecule is COc1ccc(Nc2nc(CCC(=O)O)cs2)cc1C. The summed E-state index contributed by atoms with van der Waals surface area (Å²) in [6.45, 7) is 1.98. The second-order valence-electron chi connectivity index (χ2n) is 4.35. The number of thiazole rings is 1. The van der Waals surface area contributed by atoms with E-state index in [9.17, 15) is 4.79 Å². The van der Waals surface area contributed by atoms with Gasteiger partial charge in [0.15, 0.2) is 5.13 Å². The lowest BCUT2D eigenvalue weighted by atomic mass is 10.2. The standard InChI is InChI=1S/C14H16N2O3S/c1-9-7-10(3-5-12(9)19-2)15-14-16-11(8-20-14)4-6-13(17)18/h3,5,7-8H,4,6H2,1-2H3,(H,15,16)(H,17,18). The number of carboxylic acids is 1. The van der Waals surface area contributed by atoms with Crippen LogP contribution in [0.15, 0.2) is 23.6 Å². The molecule has 0 aliphatic rings. The highest BCUT2D eigenvalue weighted by molar-refractivity contribution is 7.13. The van der Waals surface area contributed by atoms with Gasteiger partial charge in [0, 0.05) is 17.5 Å². The number of anilines is 2. The zero-order valence-electron chi connectivity index (χ0n) is 11.3. The molecule has 1 aromatic heterocycles. The van der Waals surface area contributed by atoms with Gasteiger partial charge in [-0.05, 0) is 30.7 Å². The van der Waals surface area contributed by atoms with Crippen molar-refractivity contribution in [2.24, 2.45) is 0 Å². The van der Waals surface area contributed by atoms with Crippen molar-refractivity contribution in [3.8, 4) is 5.75 Å². The number of nitrogens with zero attached hydrogens (tertiary/aromatic N) is 1. The van der Waals surface area contributed by atoms with E-state index in [2.05, 4.69) is 10.3 Å². The van der Waals surface area contributed by atoms with Crippen LogP contribution < -0.4 is 10.1 Å². The smallest absolute Gasteiger partial charge is 0.303 e. The Bertz CT molecular complexity index is 610. The first-order valence-corrected chi connectivity index (χ1v) is 7.04. The van der Waals surface area contributed by atoms with Gasteiger partial charge >= 0.3 is 5.97 Å². The molecule has 2 N–H and O–H groups in total. The number of nitrogens with one attached hydrogen (secondary N) is 1. The third-order valence-corrected chi connectivity index (χ3v) is 3.60. The minimum atomic E-state index is -0.807. The molecule has 1 heterocycles. The van der Waals surface area contributed by atoms with Crippen LogP contribution in [0.2, 0.25) is 0 Å². The van der Waals surface area contributed by atoms with Gasteiger partial charge in [0.25, 0.3) is 0 Å². The highest BCUT2D eigenvalue weighted by atomic mass is 32.1. The predicted octanol–water partition coefficient (Wildman–Crippen LogP) is 3.22. The van der Waals surface area contributed by atoms with E-state index >= 15 is 0 Å². The van der Waals surface area contributed by atoms with Crippen LogP contribution in [0, 0.1) is 6.92 Å². The fraction of sp³-hybridized carbons (Fsp3) is 0.286. The summed E-state index contributed by atoms with van der Waals surface area (Å²) in [4.78, 5) is 14.9. The molecule has 0 bridgehead atoms. The molecule has 2 rings (SSSR count). The normalized spacial score (nSPS) is 10.3. The third-order valence-electron chi connectivity index (χ3n) is 2.79. The summed E-state index contributed by atoms with van der Waals surface area (Å²) in [6, 6.07) is 5.80. The number of aromatic nitrogens is 1. The molecule has 0 radical (unpaired) electrons. The summed E-state index contributed by atoms with van der Waals surface area (Å²) >= 11 is 1.47. The molecule has 5 nitrogen and oxygen atoms in total. The molecule has 20 heavy (non-hydrogen) atoms. The number of benzene rings is 1. The first-order valence-electron chi connectivity index (χ1n) is 6.16. The van der Waals surface area contributed by atoms with Crippen LogP contribution in [0.5, 0.6) is 5.75 Å². The van der Waals surface area contributed by atoms with Gasteiger partial charge in [-0.3, -0.25) is 4.79 Å². The van der Waals surface area contributed by atoms with Crippen LogP contribution in [0.4, 0.5) is 10.8 Å². The fourth-order valence-electron chi connectivity index (χ4n) is 1.79. The summed E-state index contributed by atoms with van der Waals surface area (Å²) < 4.78 is 5.21. The van der Waals surface area contributed by atoms with Gasteiger partial charge in [-0.25, -0.2) is 4.98 Å². The number of ether oxygens (including phenoxy) is 1.